The van der Waals surface area contributed by atoms with E-state index < -0.39 is 0 Å². The van der Waals surface area contributed by atoms with Crippen LogP contribution >= 0.6 is 0 Å². The van der Waals surface area contributed by atoms with Crippen molar-refractivity contribution < 1.29 is 4.79 Å². The number of hydrogen-bond donors (Lipinski definition) is 2. The van der Waals surface area contributed by atoms with Crippen molar-refractivity contribution in [1.82, 2.24) is 15.3 Å². The van der Waals surface area contributed by atoms with E-state index in [1.165, 1.54) is 32.1 Å². The molecule has 3 aromatic rings. The van der Waals surface area contributed by atoms with Gasteiger partial charge in [0, 0.05) is 36.1 Å². The molecular weight excluding hydrogens is 360 g/mol. The lowest BCUT2D eigenvalue weighted by molar-refractivity contribution is 0.0951. The van der Waals surface area contributed by atoms with Gasteiger partial charge < -0.3 is 10.6 Å². The summed E-state index contributed by atoms with van der Waals surface area (Å²) in [5.41, 5.74) is 3.53. The Bertz CT molecular complexity index is 935. The molecule has 1 aliphatic carbocycles. The van der Waals surface area contributed by atoms with Crippen LogP contribution in [-0.4, -0.2) is 21.9 Å². The molecule has 0 spiro atoms. The van der Waals surface area contributed by atoms with E-state index in [4.69, 9.17) is 0 Å². The van der Waals surface area contributed by atoms with Gasteiger partial charge in [-0.1, -0.05) is 61.7 Å². The van der Waals surface area contributed by atoms with Crippen molar-refractivity contribution in [2.45, 2.75) is 44.7 Å². The minimum absolute atomic E-state index is 0.0905. The van der Waals surface area contributed by atoms with Crippen molar-refractivity contribution in [2.24, 2.45) is 0 Å². The summed E-state index contributed by atoms with van der Waals surface area (Å²) in [5, 5.41) is 6.40. The Kier molecular flexibility index (Phi) is 6.15. The summed E-state index contributed by atoms with van der Waals surface area (Å²) in [7, 11) is 0. The number of nitrogens with one attached hydrogen (secondary N) is 2. The number of carbonyl (C=O) groups is 1. The predicted molar refractivity (Wildman–Crippen MR) is 116 cm³/mol. The molecule has 29 heavy (non-hydrogen) atoms. The van der Waals surface area contributed by atoms with Gasteiger partial charge in [0.15, 0.2) is 0 Å². The maximum absolute atomic E-state index is 12.5. The van der Waals surface area contributed by atoms with Crippen LogP contribution in [0.5, 0.6) is 0 Å². The monoisotopic (exact) mass is 386 g/mol. The summed E-state index contributed by atoms with van der Waals surface area (Å²) in [6.07, 6.45) is 9.88. The van der Waals surface area contributed by atoms with E-state index in [0.717, 1.165) is 16.7 Å². The smallest absolute Gasteiger partial charge is 0.251 e. The van der Waals surface area contributed by atoms with Gasteiger partial charge in [0.1, 0.15) is 0 Å². The third-order valence-electron chi connectivity index (χ3n) is 5.34. The van der Waals surface area contributed by atoms with Gasteiger partial charge >= 0.3 is 0 Å². The van der Waals surface area contributed by atoms with E-state index >= 15 is 0 Å². The van der Waals surface area contributed by atoms with Crippen LogP contribution in [0.4, 0.5) is 5.95 Å². The topological polar surface area (TPSA) is 66.9 Å². The molecule has 1 heterocycles. The molecule has 1 saturated carbocycles. The molecule has 5 nitrogen and oxygen atoms in total. The van der Waals surface area contributed by atoms with Gasteiger partial charge in [-0.15, -0.1) is 0 Å². The molecule has 148 valence electrons. The highest BCUT2D eigenvalue weighted by Crippen LogP contribution is 2.22. The van der Waals surface area contributed by atoms with E-state index in [0.29, 0.717) is 24.1 Å². The second-order valence-corrected chi connectivity index (χ2v) is 7.52. The molecule has 0 bridgehead atoms. The largest absolute Gasteiger partial charge is 0.351 e. The molecule has 1 aliphatic rings. The summed E-state index contributed by atoms with van der Waals surface area (Å²) >= 11 is 0. The van der Waals surface area contributed by atoms with Gasteiger partial charge in [0.05, 0.1) is 0 Å². The first-order valence-electron chi connectivity index (χ1n) is 10.3. The molecule has 0 saturated heterocycles. The molecule has 0 unspecified atom stereocenters. The van der Waals surface area contributed by atoms with Crippen LogP contribution < -0.4 is 10.6 Å². The van der Waals surface area contributed by atoms with E-state index in [2.05, 4.69) is 20.6 Å². The van der Waals surface area contributed by atoms with E-state index in [1.807, 2.05) is 67.0 Å². The molecule has 1 amide bonds. The maximum atomic E-state index is 12.5. The number of benzene rings is 2. The standard InChI is InChI=1S/C24H26N4O/c29-23(25-15-18-8-3-1-4-9-18)20-11-7-10-19(14-20)21-16-26-24(27-17-21)28-22-12-5-2-6-13-22/h1,3-4,7-11,14,16-17,22H,2,5-6,12-13,15H2,(H,25,29)(H,26,27,28). The summed E-state index contributed by atoms with van der Waals surface area (Å²) in [6.45, 7) is 0.508. The molecule has 4 rings (SSSR count). The first-order chi connectivity index (χ1) is 14.3. The lowest BCUT2D eigenvalue weighted by atomic mass is 9.96. The van der Waals surface area contributed by atoms with Gasteiger partial charge in [-0.3, -0.25) is 4.79 Å². The number of amides is 1. The van der Waals surface area contributed by atoms with Crippen molar-refractivity contribution in [3.05, 3.63) is 78.1 Å². The SMILES string of the molecule is O=C(NCc1ccccc1)c1cccc(-c2cnc(NC3CCCCC3)nc2)c1. The van der Waals surface area contributed by atoms with Crippen LogP contribution in [0, 0.1) is 0 Å². The molecule has 2 aromatic carbocycles. The third kappa shape index (κ3) is 5.19. The minimum atomic E-state index is -0.0905. The average molecular weight is 386 g/mol. The molecule has 1 fully saturated rings. The number of aromatic nitrogens is 2. The Morgan fingerprint density at radius 1 is 0.897 bits per heavy atom. The van der Waals surface area contributed by atoms with Gasteiger partial charge in [0.2, 0.25) is 5.95 Å². The quantitative estimate of drug-likeness (QED) is 0.637. The highest BCUT2D eigenvalue weighted by atomic mass is 16.1. The first-order valence-corrected chi connectivity index (χ1v) is 10.3. The zero-order valence-corrected chi connectivity index (χ0v) is 16.5. The van der Waals surface area contributed by atoms with Crippen molar-refractivity contribution in [3.8, 4) is 11.1 Å². The number of anilines is 1. The van der Waals surface area contributed by atoms with Crippen LogP contribution in [0.1, 0.15) is 48.0 Å². The second kappa shape index (κ2) is 9.32. The third-order valence-corrected chi connectivity index (χ3v) is 5.34. The summed E-state index contributed by atoms with van der Waals surface area (Å²) in [4.78, 5) is 21.5. The molecule has 0 radical (unpaired) electrons. The number of hydrogen-bond acceptors (Lipinski definition) is 4. The Hall–Kier alpha value is -3.21. The average Bonchev–Trinajstić information content (AvgIpc) is 2.79. The highest BCUT2D eigenvalue weighted by molar-refractivity contribution is 5.95. The second-order valence-electron chi connectivity index (χ2n) is 7.52. The fraction of sp³-hybridized carbons (Fsp3) is 0.292. The molecule has 1 aromatic heterocycles. The number of rotatable bonds is 6. The Morgan fingerprint density at radius 2 is 1.66 bits per heavy atom. The fourth-order valence-electron chi connectivity index (χ4n) is 3.70. The minimum Gasteiger partial charge on any atom is -0.351 e. The van der Waals surface area contributed by atoms with Gasteiger partial charge in [0.25, 0.3) is 5.91 Å². The first kappa shape index (κ1) is 19.1. The van der Waals surface area contributed by atoms with Crippen molar-refractivity contribution in [1.29, 1.82) is 0 Å². The van der Waals surface area contributed by atoms with E-state index in [9.17, 15) is 4.79 Å². The van der Waals surface area contributed by atoms with E-state index in [1.54, 1.807) is 0 Å². The van der Waals surface area contributed by atoms with Gasteiger partial charge in [-0.2, -0.15) is 0 Å². The lowest BCUT2D eigenvalue weighted by Gasteiger charge is -2.22. The van der Waals surface area contributed by atoms with E-state index in [-0.39, 0.29) is 5.91 Å². The van der Waals surface area contributed by atoms with Crippen molar-refractivity contribution >= 4 is 11.9 Å². The van der Waals surface area contributed by atoms with Crippen molar-refractivity contribution in [3.63, 3.8) is 0 Å². The van der Waals surface area contributed by atoms with Crippen LogP contribution in [0.25, 0.3) is 11.1 Å². The van der Waals surface area contributed by atoms with Crippen LogP contribution in [0.3, 0.4) is 0 Å². The Balaban J connectivity index is 1.40. The van der Waals surface area contributed by atoms with Crippen LogP contribution in [0.2, 0.25) is 0 Å². The molecule has 0 aliphatic heterocycles. The highest BCUT2D eigenvalue weighted by Gasteiger charge is 2.14. The molecule has 5 heteroatoms. The zero-order chi connectivity index (χ0) is 19.9. The maximum Gasteiger partial charge on any atom is 0.251 e. The summed E-state index contributed by atoms with van der Waals surface area (Å²) < 4.78 is 0. The molecule has 0 atom stereocenters. The molecule has 2 N–H and O–H groups in total. The Labute approximate surface area is 171 Å². The van der Waals surface area contributed by atoms with Gasteiger partial charge in [-0.05, 0) is 36.1 Å². The molecular formula is C24H26N4O. The number of nitrogens with zero attached hydrogens (tertiary/aromatic N) is 2. The van der Waals surface area contributed by atoms with Crippen LogP contribution in [0.15, 0.2) is 67.0 Å². The predicted octanol–water partition coefficient (Wildman–Crippen LogP) is 4.82. The van der Waals surface area contributed by atoms with Gasteiger partial charge in [-0.25, -0.2) is 9.97 Å². The Morgan fingerprint density at radius 3 is 2.41 bits per heavy atom. The zero-order valence-electron chi connectivity index (χ0n) is 16.5. The summed E-state index contributed by atoms with van der Waals surface area (Å²) in [5.74, 6) is 0.588. The van der Waals surface area contributed by atoms with Crippen molar-refractivity contribution in [2.75, 3.05) is 5.32 Å². The summed E-state index contributed by atoms with van der Waals surface area (Å²) in [6, 6.07) is 17.9. The fourth-order valence-corrected chi connectivity index (χ4v) is 3.70. The van der Waals surface area contributed by atoms with Crippen LogP contribution in [-0.2, 0) is 6.54 Å². The lowest BCUT2D eigenvalue weighted by Crippen LogP contribution is -2.23. The number of carbonyl (C=O) groups excluding carboxylic acids is 1. The normalized spacial score (nSPS) is 14.3.